The first-order valence-corrected chi connectivity index (χ1v) is 8.02. The van der Waals surface area contributed by atoms with E-state index in [1.165, 1.54) is 11.3 Å². The molecule has 0 saturated heterocycles. The number of benzene rings is 1. The van der Waals surface area contributed by atoms with Gasteiger partial charge in [-0.1, -0.05) is 41.9 Å². The van der Waals surface area contributed by atoms with Crippen LogP contribution in [0, 0.1) is 0 Å². The summed E-state index contributed by atoms with van der Waals surface area (Å²) in [6.07, 6.45) is -0.194. The molecule has 21 heavy (non-hydrogen) atoms. The summed E-state index contributed by atoms with van der Waals surface area (Å²) in [5.41, 5.74) is 0.869. The van der Waals surface area contributed by atoms with E-state index in [0.717, 1.165) is 5.56 Å². The second kappa shape index (κ2) is 7.71. The van der Waals surface area contributed by atoms with E-state index >= 15 is 0 Å². The van der Waals surface area contributed by atoms with Crippen LogP contribution in [0.25, 0.3) is 0 Å². The maximum Gasteiger partial charge on any atom is 0.174 e. The molecule has 0 unspecified atom stereocenters. The number of nitrogens with one attached hydrogen (secondary N) is 1. The van der Waals surface area contributed by atoms with Crippen LogP contribution in [0.5, 0.6) is 0 Å². The molecule has 2 N–H and O–H groups in total. The molecule has 2 aromatic rings. The summed E-state index contributed by atoms with van der Waals surface area (Å²) in [4.78, 5) is 12.6. The van der Waals surface area contributed by atoms with Gasteiger partial charge in [0.1, 0.15) is 0 Å². The minimum Gasteiger partial charge on any atom is -0.387 e. The molecule has 0 spiro atoms. The van der Waals surface area contributed by atoms with Gasteiger partial charge in [-0.25, -0.2) is 0 Å². The van der Waals surface area contributed by atoms with Crippen molar-refractivity contribution in [2.24, 2.45) is 0 Å². The van der Waals surface area contributed by atoms with Crippen molar-refractivity contribution < 1.29 is 9.90 Å². The van der Waals surface area contributed by atoms with Crippen LogP contribution in [0.3, 0.4) is 0 Å². The Kier molecular flexibility index (Phi) is 5.94. The van der Waals surface area contributed by atoms with Crippen LogP contribution in [-0.4, -0.2) is 23.5 Å². The highest BCUT2D eigenvalue weighted by molar-refractivity contribution is 7.18. The van der Waals surface area contributed by atoms with E-state index in [-0.39, 0.29) is 11.8 Å². The summed E-state index contributed by atoms with van der Waals surface area (Å²) in [5, 5.41) is 13.4. The number of rotatable bonds is 7. The fourth-order valence-electron chi connectivity index (χ4n) is 2.05. The topological polar surface area (TPSA) is 49.3 Å². The predicted molar refractivity (Wildman–Crippen MR) is 87.1 cm³/mol. The van der Waals surface area contributed by atoms with E-state index in [1.807, 2.05) is 37.3 Å². The highest BCUT2D eigenvalue weighted by Crippen LogP contribution is 2.22. The second-order valence-corrected chi connectivity index (χ2v) is 6.59. The van der Waals surface area contributed by atoms with Crippen molar-refractivity contribution in [3.63, 3.8) is 0 Å². The van der Waals surface area contributed by atoms with Gasteiger partial charge in [-0.05, 0) is 24.6 Å². The molecule has 1 aromatic carbocycles. The molecule has 0 saturated carbocycles. The molecule has 1 aromatic heterocycles. The van der Waals surface area contributed by atoms with Gasteiger partial charge in [-0.15, -0.1) is 11.3 Å². The summed E-state index contributed by atoms with van der Waals surface area (Å²) in [7, 11) is 0. The lowest BCUT2D eigenvalue weighted by Gasteiger charge is -2.20. The van der Waals surface area contributed by atoms with E-state index < -0.39 is 6.10 Å². The Hall–Kier alpha value is -1.20. The number of carbonyl (C=O) groups is 1. The smallest absolute Gasteiger partial charge is 0.174 e. The first-order chi connectivity index (χ1) is 10.1. The van der Waals surface area contributed by atoms with Crippen molar-refractivity contribution in [2.75, 3.05) is 6.54 Å². The van der Waals surface area contributed by atoms with Crippen LogP contribution in [0.1, 0.15) is 34.7 Å². The van der Waals surface area contributed by atoms with Gasteiger partial charge in [0.05, 0.1) is 15.3 Å². The van der Waals surface area contributed by atoms with E-state index in [9.17, 15) is 9.90 Å². The van der Waals surface area contributed by atoms with Gasteiger partial charge >= 0.3 is 0 Å². The van der Waals surface area contributed by atoms with Gasteiger partial charge in [-0.3, -0.25) is 4.79 Å². The van der Waals surface area contributed by atoms with Crippen molar-refractivity contribution in [2.45, 2.75) is 25.5 Å². The van der Waals surface area contributed by atoms with Gasteiger partial charge < -0.3 is 10.4 Å². The predicted octanol–water partition coefficient (Wildman–Crippen LogP) is 3.69. The van der Waals surface area contributed by atoms with Crippen LogP contribution in [0.15, 0.2) is 42.5 Å². The van der Waals surface area contributed by atoms with E-state index in [2.05, 4.69) is 5.32 Å². The molecule has 0 bridgehead atoms. The minimum atomic E-state index is -0.586. The normalized spacial score (nSPS) is 13.9. The van der Waals surface area contributed by atoms with Gasteiger partial charge in [0.25, 0.3) is 0 Å². The van der Waals surface area contributed by atoms with Crippen molar-refractivity contribution in [3.8, 4) is 0 Å². The number of thiophene rings is 1. The number of ketones is 1. The number of halogens is 1. The molecule has 2 rings (SSSR count). The Balaban J connectivity index is 1.79. The highest BCUT2D eigenvalue weighted by Gasteiger charge is 2.16. The SMILES string of the molecule is C[C@H](NCCC(=O)c1ccc(Cl)s1)[C@H](O)c1ccccc1. The zero-order chi connectivity index (χ0) is 15.2. The van der Waals surface area contributed by atoms with Crippen molar-refractivity contribution in [3.05, 3.63) is 57.2 Å². The number of aliphatic hydroxyl groups excluding tert-OH is 1. The summed E-state index contributed by atoms with van der Waals surface area (Å²) in [6.45, 7) is 2.43. The van der Waals surface area contributed by atoms with Crippen LogP contribution in [0.2, 0.25) is 4.34 Å². The Labute approximate surface area is 133 Å². The van der Waals surface area contributed by atoms with Crippen molar-refractivity contribution in [1.82, 2.24) is 5.32 Å². The maximum atomic E-state index is 11.9. The Bertz CT molecular complexity index is 585. The first kappa shape index (κ1) is 16.2. The fourth-order valence-corrected chi connectivity index (χ4v) is 3.06. The molecule has 1 heterocycles. The molecule has 0 aliphatic heterocycles. The molecule has 5 heteroatoms. The van der Waals surface area contributed by atoms with Crippen molar-refractivity contribution in [1.29, 1.82) is 0 Å². The quantitative estimate of drug-likeness (QED) is 0.764. The summed E-state index contributed by atoms with van der Waals surface area (Å²) in [6, 6.07) is 12.9. The lowest BCUT2D eigenvalue weighted by atomic mass is 10.0. The van der Waals surface area contributed by atoms with E-state index in [0.29, 0.717) is 22.2 Å². The Morgan fingerprint density at radius 3 is 2.62 bits per heavy atom. The van der Waals surface area contributed by atoms with Gasteiger partial charge in [-0.2, -0.15) is 0 Å². The third-order valence-corrected chi connectivity index (χ3v) is 4.55. The molecule has 0 amide bonds. The Morgan fingerprint density at radius 2 is 2.00 bits per heavy atom. The van der Waals surface area contributed by atoms with Crippen LogP contribution < -0.4 is 5.32 Å². The first-order valence-electron chi connectivity index (χ1n) is 6.83. The van der Waals surface area contributed by atoms with Crippen LogP contribution in [0.4, 0.5) is 0 Å². The minimum absolute atomic E-state index is 0.0702. The monoisotopic (exact) mass is 323 g/mol. The molecule has 112 valence electrons. The third-order valence-electron chi connectivity index (χ3n) is 3.28. The molecule has 0 radical (unpaired) electrons. The Morgan fingerprint density at radius 1 is 1.29 bits per heavy atom. The average Bonchev–Trinajstić information content (AvgIpc) is 2.94. The third kappa shape index (κ3) is 4.64. The fraction of sp³-hybridized carbons (Fsp3) is 0.312. The lowest BCUT2D eigenvalue weighted by molar-refractivity contribution is 0.0976. The summed E-state index contributed by atoms with van der Waals surface area (Å²) >= 11 is 7.11. The van der Waals surface area contributed by atoms with Crippen LogP contribution >= 0.6 is 22.9 Å². The number of hydrogen-bond donors (Lipinski definition) is 2. The zero-order valence-electron chi connectivity index (χ0n) is 11.8. The van der Waals surface area contributed by atoms with Crippen molar-refractivity contribution >= 4 is 28.7 Å². The molecular weight excluding hydrogens is 306 g/mol. The average molecular weight is 324 g/mol. The van der Waals surface area contributed by atoms with Gasteiger partial charge in [0, 0.05) is 19.0 Å². The highest BCUT2D eigenvalue weighted by atomic mass is 35.5. The molecule has 2 atom stereocenters. The maximum absolute atomic E-state index is 11.9. The number of aliphatic hydroxyl groups is 1. The second-order valence-electron chi connectivity index (χ2n) is 4.88. The number of Topliss-reactive ketones (excluding diaryl/α,β-unsaturated/α-hetero) is 1. The van der Waals surface area contributed by atoms with Gasteiger partial charge in [0.15, 0.2) is 5.78 Å². The molecule has 3 nitrogen and oxygen atoms in total. The summed E-state index contributed by atoms with van der Waals surface area (Å²) < 4.78 is 0.624. The zero-order valence-corrected chi connectivity index (χ0v) is 13.3. The van der Waals surface area contributed by atoms with Gasteiger partial charge in [0.2, 0.25) is 0 Å². The largest absolute Gasteiger partial charge is 0.387 e. The summed E-state index contributed by atoms with van der Waals surface area (Å²) in [5.74, 6) is 0.0702. The molecule has 0 fully saturated rings. The van der Waals surface area contributed by atoms with Crippen LogP contribution in [-0.2, 0) is 0 Å². The number of carbonyl (C=O) groups excluding carboxylic acids is 1. The lowest BCUT2D eigenvalue weighted by Crippen LogP contribution is -2.33. The van der Waals surface area contributed by atoms with E-state index in [1.54, 1.807) is 12.1 Å². The number of hydrogen-bond acceptors (Lipinski definition) is 4. The molecule has 0 aliphatic carbocycles. The standard InChI is InChI=1S/C16H18ClNO2S/c1-11(16(20)12-5-3-2-4-6-12)18-10-9-13(19)14-7-8-15(17)21-14/h2-8,11,16,18,20H,9-10H2,1H3/t11-,16-/m0/s1. The molecular formula is C16H18ClNO2S. The molecule has 0 aliphatic rings. The van der Waals surface area contributed by atoms with E-state index in [4.69, 9.17) is 11.6 Å².